The van der Waals surface area contributed by atoms with E-state index in [9.17, 15) is 0 Å². The van der Waals surface area contributed by atoms with Crippen LogP contribution in [0.15, 0.2) is 12.7 Å². The molecular formula is C12H22N4S. The molecule has 0 amide bonds. The minimum Gasteiger partial charge on any atom is -0.302 e. The number of rotatable bonds is 6. The van der Waals surface area contributed by atoms with Crippen molar-refractivity contribution in [2.45, 2.75) is 44.0 Å². The average Bonchev–Trinajstić information content (AvgIpc) is 2.97. The van der Waals surface area contributed by atoms with Crippen molar-refractivity contribution in [1.29, 1.82) is 0 Å². The van der Waals surface area contributed by atoms with Crippen LogP contribution in [0, 0.1) is 0 Å². The number of hydrogen-bond acceptors (Lipinski definition) is 4. The maximum atomic E-state index is 4.13. The topological polar surface area (TPSA) is 34.0 Å². The first-order chi connectivity index (χ1) is 8.29. The van der Waals surface area contributed by atoms with E-state index in [1.807, 2.05) is 4.68 Å². The van der Waals surface area contributed by atoms with Gasteiger partial charge in [-0.15, -0.1) is 0 Å². The Kier molecular flexibility index (Phi) is 4.86. The average molecular weight is 254 g/mol. The highest BCUT2D eigenvalue weighted by Crippen LogP contribution is 2.31. The highest BCUT2D eigenvalue weighted by molar-refractivity contribution is 7.99. The minimum absolute atomic E-state index is 0.766. The summed E-state index contributed by atoms with van der Waals surface area (Å²) in [6.45, 7) is 4.27. The lowest BCUT2D eigenvalue weighted by Gasteiger charge is -2.24. The first-order valence-corrected chi connectivity index (χ1v) is 7.48. The second kappa shape index (κ2) is 6.40. The van der Waals surface area contributed by atoms with Crippen LogP contribution in [0.4, 0.5) is 0 Å². The number of nitrogens with zero attached hydrogens (tertiary/aromatic N) is 4. The molecule has 2 rings (SSSR count). The van der Waals surface area contributed by atoms with Gasteiger partial charge in [0.05, 0.1) is 6.54 Å². The SMILES string of the molecule is CCSC1CCC(N(C)CCn2cncn2)C1. The largest absolute Gasteiger partial charge is 0.302 e. The van der Waals surface area contributed by atoms with Gasteiger partial charge in [0, 0.05) is 17.8 Å². The van der Waals surface area contributed by atoms with Crippen molar-refractivity contribution in [3.05, 3.63) is 12.7 Å². The van der Waals surface area contributed by atoms with E-state index in [1.54, 1.807) is 12.7 Å². The van der Waals surface area contributed by atoms with Crippen LogP contribution in [-0.4, -0.2) is 50.3 Å². The molecule has 0 radical (unpaired) electrons. The highest BCUT2D eigenvalue weighted by atomic mass is 32.2. The molecule has 0 aliphatic heterocycles. The van der Waals surface area contributed by atoms with Gasteiger partial charge in [-0.25, -0.2) is 4.98 Å². The van der Waals surface area contributed by atoms with Gasteiger partial charge in [0.1, 0.15) is 12.7 Å². The summed E-state index contributed by atoms with van der Waals surface area (Å²) in [5.41, 5.74) is 0. The molecular weight excluding hydrogens is 232 g/mol. The fraction of sp³-hybridized carbons (Fsp3) is 0.833. The van der Waals surface area contributed by atoms with Crippen LogP contribution in [0.1, 0.15) is 26.2 Å². The molecule has 5 heteroatoms. The molecule has 1 aromatic rings. The van der Waals surface area contributed by atoms with Gasteiger partial charge in [-0.3, -0.25) is 4.68 Å². The van der Waals surface area contributed by atoms with Crippen molar-refractivity contribution >= 4 is 11.8 Å². The van der Waals surface area contributed by atoms with Gasteiger partial charge in [-0.05, 0) is 32.1 Å². The molecule has 96 valence electrons. The second-order valence-electron chi connectivity index (χ2n) is 4.68. The molecule has 17 heavy (non-hydrogen) atoms. The van der Waals surface area contributed by atoms with Crippen molar-refractivity contribution in [2.24, 2.45) is 0 Å². The van der Waals surface area contributed by atoms with Gasteiger partial charge in [-0.1, -0.05) is 6.92 Å². The summed E-state index contributed by atoms with van der Waals surface area (Å²) >= 11 is 2.12. The molecule has 0 spiro atoms. The summed E-state index contributed by atoms with van der Waals surface area (Å²) in [5.74, 6) is 1.25. The summed E-state index contributed by atoms with van der Waals surface area (Å²) in [6, 6.07) is 0.766. The Hall–Kier alpha value is -0.550. The van der Waals surface area contributed by atoms with E-state index in [0.29, 0.717) is 0 Å². The highest BCUT2D eigenvalue weighted by Gasteiger charge is 2.27. The third-order valence-corrected chi connectivity index (χ3v) is 4.76. The Labute approximate surface area is 108 Å². The third-order valence-electron chi connectivity index (χ3n) is 3.53. The van der Waals surface area contributed by atoms with Crippen LogP contribution in [0.3, 0.4) is 0 Å². The molecule has 0 aromatic carbocycles. The van der Waals surface area contributed by atoms with Gasteiger partial charge in [-0.2, -0.15) is 16.9 Å². The van der Waals surface area contributed by atoms with Gasteiger partial charge in [0.15, 0.2) is 0 Å². The van der Waals surface area contributed by atoms with Crippen molar-refractivity contribution in [2.75, 3.05) is 19.3 Å². The predicted molar refractivity (Wildman–Crippen MR) is 72.2 cm³/mol. The molecule has 4 nitrogen and oxygen atoms in total. The van der Waals surface area contributed by atoms with Gasteiger partial charge in [0.2, 0.25) is 0 Å². The van der Waals surface area contributed by atoms with Crippen molar-refractivity contribution < 1.29 is 0 Å². The smallest absolute Gasteiger partial charge is 0.137 e. The summed E-state index contributed by atoms with van der Waals surface area (Å²) in [7, 11) is 2.24. The molecule has 0 saturated heterocycles. The summed E-state index contributed by atoms with van der Waals surface area (Å²) in [5, 5.41) is 5.02. The van der Waals surface area contributed by atoms with E-state index in [2.05, 4.69) is 40.7 Å². The maximum absolute atomic E-state index is 4.13. The van der Waals surface area contributed by atoms with Gasteiger partial charge < -0.3 is 4.90 Å². The lowest BCUT2D eigenvalue weighted by Crippen LogP contribution is -2.32. The zero-order valence-corrected chi connectivity index (χ0v) is 11.6. The third kappa shape index (κ3) is 3.71. The molecule has 2 unspecified atom stereocenters. The van der Waals surface area contributed by atoms with Crippen LogP contribution in [0.5, 0.6) is 0 Å². The predicted octanol–water partition coefficient (Wildman–Crippen LogP) is 1.88. The van der Waals surface area contributed by atoms with Crippen LogP contribution in [-0.2, 0) is 6.54 Å². The molecule has 1 heterocycles. The van der Waals surface area contributed by atoms with Crippen molar-refractivity contribution in [3.63, 3.8) is 0 Å². The van der Waals surface area contributed by atoms with E-state index in [1.165, 1.54) is 25.0 Å². The zero-order valence-electron chi connectivity index (χ0n) is 10.7. The van der Waals surface area contributed by atoms with E-state index in [4.69, 9.17) is 0 Å². The molecule has 2 atom stereocenters. The van der Waals surface area contributed by atoms with Crippen molar-refractivity contribution in [1.82, 2.24) is 19.7 Å². The molecule has 1 aliphatic rings. The maximum Gasteiger partial charge on any atom is 0.137 e. The monoisotopic (exact) mass is 254 g/mol. The summed E-state index contributed by atoms with van der Waals surface area (Å²) < 4.78 is 1.91. The molecule has 0 bridgehead atoms. The Morgan fingerprint density at radius 3 is 3.06 bits per heavy atom. The first-order valence-electron chi connectivity index (χ1n) is 6.44. The fourth-order valence-corrected chi connectivity index (χ4v) is 3.63. The molecule has 1 fully saturated rings. The zero-order chi connectivity index (χ0) is 12.1. The summed E-state index contributed by atoms with van der Waals surface area (Å²) in [4.78, 5) is 6.45. The Balaban J connectivity index is 1.71. The second-order valence-corrected chi connectivity index (χ2v) is 6.26. The molecule has 0 N–H and O–H groups in total. The van der Waals surface area contributed by atoms with Crippen molar-refractivity contribution in [3.8, 4) is 0 Å². The van der Waals surface area contributed by atoms with E-state index >= 15 is 0 Å². The van der Waals surface area contributed by atoms with Crippen LogP contribution >= 0.6 is 11.8 Å². The van der Waals surface area contributed by atoms with Gasteiger partial charge in [0.25, 0.3) is 0 Å². The molecule has 1 saturated carbocycles. The normalized spacial score (nSPS) is 24.6. The lowest BCUT2D eigenvalue weighted by atomic mass is 10.2. The summed E-state index contributed by atoms with van der Waals surface area (Å²) in [6.07, 6.45) is 7.48. The van der Waals surface area contributed by atoms with Crippen LogP contribution in [0.2, 0.25) is 0 Å². The first kappa shape index (κ1) is 12.9. The van der Waals surface area contributed by atoms with Crippen LogP contribution < -0.4 is 0 Å². The fourth-order valence-electron chi connectivity index (χ4n) is 2.50. The Morgan fingerprint density at radius 2 is 2.35 bits per heavy atom. The molecule has 1 aromatic heterocycles. The minimum atomic E-state index is 0.766. The van der Waals surface area contributed by atoms with E-state index in [-0.39, 0.29) is 0 Å². The van der Waals surface area contributed by atoms with Crippen LogP contribution in [0.25, 0.3) is 0 Å². The standard InChI is InChI=1S/C12H22N4S/c1-3-17-12-5-4-11(8-12)15(2)6-7-16-10-13-9-14-16/h9-12H,3-8H2,1-2H3. The lowest BCUT2D eigenvalue weighted by molar-refractivity contribution is 0.233. The van der Waals surface area contributed by atoms with E-state index in [0.717, 1.165) is 24.4 Å². The number of likely N-dealkylation sites (N-methyl/N-ethyl adjacent to an activating group) is 1. The molecule has 1 aliphatic carbocycles. The number of thioether (sulfide) groups is 1. The number of hydrogen-bond donors (Lipinski definition) is 0. The number of aromatic nitrogens is 3. The Bertz CT molecular complexity index is 314. The Morgan fingerprint density at radius 1 is 1.47 bits per heavy atom. The van der Waals surface area contributed by atoms with Gasteiger partial charge >= 0.3 is 0 Å². The quantitative estimate of drug-likeness (QED) is 0.776. The van der Waals surface area contributed by atoms with E-state index < -0.39 is 0 Å².